The van der Waals surface area contributed by atoms with Crippen molar-refractivity contribution in [1.29, 1.82) is 0 Å². The number of halogens is 1. The second kappa shape index (κ2) is 4.89. The number of carbonyl (C=O) groups is 1. The van der Waals surface area contributed by atoms with Crippen LogP contribution in [0.5, 0.6) is 5.75 Å². The van der Waals surface area contributed by atoms with Gasteiger partial charge in [0, 0.05) is 5.39 Å². The van der Waals surface area contributed by atoms with E-state index in [-0.39, 0.29) is 0 Å². The van der Waals surface area contributed by atoms with Crippen molar-refractivity contribution in [1.82, 2.24) is 4.57 Å². The van der Waals surface area contributed by atoms with Crippen LogP contribution in [0.15, 0.2) is 28.9 Å². The SMILES string of the molecule is COc1ccc2c(c1)cc(Br)n2C(=O)OC(C)(C)C. The first kappa shape index (κ1) is 13.9. The third kappa shape index (κ3) is 2.92. The number of nitrogens with zero attached hydrogens (tertiary/aromatic N) is 1. The Hall–Kier alpha value is -1.49. The van der Waals surface area contributed by atoms with E-state index in [1.807, 2.05) is 45.0 Å². The molecule has 0 spiro atoms. The second-order valence-corrected chi connectivity index (χ2v) is 6.02. The normalized spacial score (nSPS) is 11.6. The van der Waals surface area contributed by atoms with E-state index in [9.17, 15) is 4.79 Å². The average Bonchev–Trinajstić information content (AvgIpc) is 2.61. The van der Waals surface area contributed by atoms with Crippen LogP contribution >= 0.6 is 15.9 Å². The largest absolute Gasteiger partial charge is 0.497 e. The third-order valence-corrected chi connectivity index (χ3v) is 3.12. The van der Waals surface area contributed by atoms with E-state index in [1.54, 1.807) is 7.11 Å². The van der Waals surface area contributed by atoms with E-state index < -0.39 is 11.7 Å². The number of ether oxygens (including phenoxy) is 2. The van der Waals surface area contributed by atoms with Crippen LogP contribution in [0.2, 0.25) is 0 Å². The van der Waals surface area contributed by atoms with Gasteiger partial charge in [0.05, 0.1) is 17.2 Å². The van der Waals surface area contributed by atoms with E-state index in [0.29, 0.717) is 4.60 Å². The highest BCUT2D eigenvalue weighted by Gasteiger charge is 2.21. The molecule has 2 aromatic rings. The Morgan fingerprint density at radius 3 is 2.53 bits per heavy atom. The Morgan fingerprint density at radius 1 is 1.26 bits per heavy atom. The summed E-state index contributed by atoms with van der Waals surface area (Å²) in [5.74, 6) is 0.751. The number of hydrogen-bond donors (Lipinski definition) is 0. The van der Waals surface area contributed by atoms with Gasteiger partial charge in [-0.1, -0.05) is 0 Å². The van der Waals surface area contributed by atoms with Crippen molar-refractivity contribution in [3.63, 3.8) is 0 Å². The van der Waals surface area contributed by atoms with Crippen molar-refractivity contribution in [3.8, 4) is 5.75 Å². The van der Waals surface area contributed by atoms with Gasteiger partial charge in [0.15, 0.2) is 0 Å². The number of aromatic nitrogens is 1. The smallest absolute Gasteiger partial charge is 0.419 e. The zero-order valence-corrected chi connectivity index (χ0v) is 12.9. The maximum atomic E-state index is 12.2. The van der Waals surface area contributed by atoms with E-state index >= 15 is 0 Å². The number of carbonyl (C=O) groups excluding carboxylic acids is 1. The van der Waals surface area contributed by atoms with Crippen molar-refractivity contribution in [2.24, 2.45) is 0 Å². The van der Waals surface area contributed by atoms with Gasteiger partial charge in [-0.2, -0.15) is 0 Å². The summed E-state index contributed by atoms with van der Waals surface area (Å²) in [6.07, 6.45) is -0.403. The van der Waals surface area contributed by atoms with Crippen LogP contribution in [0.4, 0.5) is 4.79 Å². The Morgan fingerprint density at radius 2 is 1.95 bits per heavy atom. The number of rotatable bonds is 1. The predicted octanol–water partition coefficient (Wildman–Crippen LogP) is 4.20. The molecule has 5 heteroatoms. The minimum absolute atomic E-state index is 0.403. The molecular formula is C14H16BrNO3. The first-order valence-corrected chi connectivity index (χ1v) is 6.69. The highest BCUT2D eigenvalue weighted by atomic mass is 79.9. The molecule has 0 aliphatic rings. The zero-order chi connectivity index (χ0) is 14.2. The van der Waals surface area contributed by atoms with Crippen molar-refractivity contribution in [3.05, 3.63) is 28.9 Å². The molecule has 1 aromatic heterocycles. The summed E-state index contributed by atoms with van der Waals surface area (Å²) >= 11 is 3.39. The summed E-state index contributed by atoms with van der Waals surface area (Å²) in [5, 5.41) is 0.914. The van der Waals surface area contributed by atoms with E-state index in [1.165, 1.54) is 4.57 Å². The number of benzene rings is 1. The van der Waals surface area contributed by atoms with Gasteiger partial charge >= 0.3 is 6.09 Å². The van der Waals surface area contributed by atoms with Crippen LogP contribution in [0.25, 0.3) is 10.9 Å². The molecule has 0 aliphatic heterocycles. The number of fused-ring (bicyclic) bond motifs is 1. The summed E-state index contributed by atoms with van der Waals surface area (Å²) in [6.45, 7) is 5.52. The summed E-state index contributed by atoms with van der Waals surface area (Å²) in [6, 6.07) is 7.39. The number of methoxy groups -OCH3 is 1. The molecule has 0 N–H and O–H groups in total. The van der Waals surface area contributed by atoms with Crippen molar-refractivity contribution >= 4 is 32.9 Å². The summed E-state index contributed by atoms with van der Waals surface area (Å²) in [5.41, 5.74) is 0.251. The highest BCUT2D eigenvalue weighted by molar-refractivity contribution is 9.10. The van der Waals surface area contributed by atoms with E-state index in [0.717, 1.165) is 16.7 Å². The zero-order valence-electron chi connectivity index (χ0n) is 11.4. The fourth-order valence-electron chi connectivity index (χ4n) is 1.78. The van der Waals surface area contributed by atoms with Crippen molar-refractivity contribution in [2.75, 3.05) is 7.11 Å². The molecule has 4 nitrogen and oxygen atoms in total. The van der Waals surface area contributed by atoms with Gasteiger partial charge < -0.3 is 9.47 Å². The Kier molecular flexibility index (Phi) is 3.58. The predicted molar refractivity (Wildman–Crippen MR) is 77.8 cm³/mol. The van der Waals surface area contributed by atoms with Gasteiger partial charge in [-0.05, 0) is 61.0 Å². The monoisotopic (exact) mass is 325 g/mol. The fraction of sp³-hybridized carbons (Fsp3) is 0.357. The lowest BCUT2D eigenvalue weighted by atomic mass is 10.2. The van der Waals surface area contributed by atoms with Gasteiger partial charge in [-0.25, -0.2) is 9.36 Å². The van der Waals surface area contributed by atoms with E-state index in [2.05, 4.69) is 15.9 Å². The fourth-order valence-corrected chi connectivity index (χ4v) is 2.36. The average molecular weight is 326 g/mol. The lowest BCUT2D eigenvalue weighted by molar-refractivity contribution is 0.0541. The van der Waals surface area contributed by atoms with Gasteiger partial charge in [0.25, 0.3) is 0 Å². The van der Waals surface area contributed by atoms with Crippen LogP contribution in [0, 0.1) is 0 Å². The topological polar surface area (TPSA) is 40.5 Å². The van der Waals surface area contributed by atoms with Gasteiger partial charge in [-0.15, -0.1) is 0 Å². The summed E-state index contributed by atoms with van der Waals surface area (Å²) in [7, 11) is 1.61. The van der Waals surface area contributed by atoms with Crippen LogP contribution in [-0.2, 0) is 4.74 Å². The summed E-state index contributed by atoms with van der Waals surface area (Å²) < 4.78 is 12.7. The molecule has 0 saturated heterocycles. The molecule has 0 saturated carbocycles. The lowest BCUT2D eigenvalue weighted by Crippen LogP contribution is -2.27. The quantitative estimate of drug-likeness (QED) is 0.789. The van der Waals surface area contributed by atoms with Gasteiger partial charge in [-0.3, -0.25) is 0 Å². The first-order valence-electron chi connectivity index (χ1n) is 5.90. The highest BCUT2D eigenvalue weighted by Crippen LogP contribution is 2.28. The molecule has 0 amide bonds. The standard InChI is InChI=1S/C14H16BrNO3/c1-14(2,3)19-13(17)16-11-6-5-10(18-4)7-9(11)8-12(16)15/h5-8H,1-4H3. The first-order chi connectivity index (χ1) is 8.81. The third-order valence-electron chi connectivity index (χ3n) is 2.54. The molecule has 2 rings (SSSR count). The molecular weight excluding hydrogens is 310 g/mol. The minimum atomic E-state index is -0.528. The number of hydrogen-bond acceptors (Lipinski definition) is 3. The molecule has 0 aliphatic carbocycles. The second-order valence-electron chi connectivity index (χ2n) is 5.21. The Labute approximate surface area is 120 Å². The molecule has 0 radical (unpaired) electrons. The van der Waals surface area contributed by atoms with Crippen molar-refractivity contribution < 1.29 is 14.3 Å². The Bertz CT molecular complexity index is 625. The van der Waals surface area contributed by atoms with Gasteiger partial charge in [0.1, 0.15) is 11.4 Å². The summed E-state index contributed by atoms with van der Waals surface area (Å²) in [4.78, 5) is 12.2. The molecule has 0 unspecified atom stereocenters. The molecule has 0 bridgehead atoms. The molecule has 1 heterocycles. The lowest BCUT2D eigenvalue weighted by Gasteiger charge is -2.20. The van der Waals surface area contributed by atoms with Crippen LogP contribution in [-0.4, -0.2) is 23.4 Å². The molecule has 1 aromatic carbocycles. The minimum Gasteiger partial charge on any atom is -0.497 e. The molecule has 19 heavy (non-hydrogen) atoms. The molecule has 0 fully saturated rings. The van der Waals surface area contributed by atoms with E-state index in [4.69, 9.17) is 9.47 Å². The van der Waals surface area contributed by atoms with Gasteiger partial charge in [0.2, 0.25) is 0 Å². The molecule has 0 atom stereocenters. The maximum Gasteiger partial charge on any atom is 0.419 e. The molecule has 102 valence electrons. The van der Waals surface area contributed by atoms with Crippen LogP contribution in [0.3, 0.4) is 0 Å². The Balaban J connectivity index is 2.49. The van der Waals surface area contributed by atoms with Crippen molar-refractivity contribution in [2.45, 2.75) is 26.4 Å². The van der Waals surface area contributed by atoms with Crippen LogP contribution < -0.4 is 4.74 Å². The maximum absolute atomic E-state index is 12.2. The van der Waals surface area contributed by atoms with Crippen LogP contribution in [0.1, 0.15) is 20.8 Å².